The van der Waals surface area contributed by atoms with Crippen molar-refractivity contribution in [2.75, 3.05) is 13.1 Å². The number of hydrogen-bond donors (Lipinski definition) is 1. The molecule has 1 saturated heterocycles. The first-order valence-electron chi connectivity index (χ1n) is 6.92. The second kappa shape index (κ2) is 6.13. The molecule has 102 valence electrons. The van der Waals surface area contributed by atoms with Crippen molar-refractivity contribution >= 4 is 11.3 Å². The number of rotatable bonds is 4. The predicted octanol–water partition coefficient (Wildman–Crippen LogP) is 2.60. The monoisotopic (exact) mass is 267 g/mol. The molecule has 1 N–H and O–H groups in total. The van der Waals surface area contributed by atoms with Gasteiger partial charge in [-0.1, -0.05) is 27.7 Å². The van der Waals surface area contributed by atoms with Crippen LogP contribution < -0.4 is 5.32 Å². The molecule has 0 bridgehead atoms. The SMILES string of the molecule is CC(C)C1CN(Cc2cscn2)C(C(C)C)CN1. The third kappa shape index (κ3) is 3.31. The fourth-order valence-electron chi connectivity index (χ4n) is 2.66. The number of piperazine rings is 1. The molecule has 0 saturated carbocycles. The van der Waals surface area contributed by atoms with Gasteiger partial charge in [-0.25, -0.2) is 4.98 Å². The fraction of sp³-hybridized carbons (Fsp3) is 0.786. The Balaban J connectivity index is 2.04. The maximum Gasteiger partial charge on any atom is 0.0795 e. The van der Waals surface area contributed by atoms with E-state index in [4.69, 9.17) is 0 Å². The van der Waals surface area contributed by atoms with Crippen LogP contribution in [0.15, 0.2) is 10.9 Å². The van der Waals surface area contributed by atoms with Crippen LogP contribution in [0.4, 0.5) is 0 Å². The number of nitrogens with zero attached hydrogens (tertiary/aromatic N) is 2. The second-order valence-electron chi connectivity index (χ2n) is 5.98. The lowest BCUT2D eigenvalue weighted by atomic mass is 9.94. The summed E-state index contributed by atoms with van der Waals surface area (Å²) in [6.07, 6.45) is 0. The van der Waals surface area contributed by atoms with Crippen LogP contribution in [-0.4, -0.2) is 35.1 Å². The number of hydrogen-bond acceptors (Lipinski definition) is 4. The average molecular weight is 267 g/mol. The van der Waals surface area contributed by atoms with Crippen molar-refractivity contribution in [3.63, 3.8) is 0 Å². The molecule has 2 heterocycles. The van der Waals surface area contributed by atoms with E-state index in [9.17, 15) is 0 Å². The third-order valence-electron chi connectivity index (χ3n) is 3.91. The van der Waals surface area contributed by atoms with Crippen LogP contribution in [0, 0.1) is 11.8 Å². The van der Waals surface area contributed by atoms with E-state index in [1.54, 1.807) is 11.3 Å². The van der Waals surface area contributed by atoms with Crippen LogP contribution >= 0.6 is 11.3 Å². The highest BCUT2D eigenvalue weighted by molar-refractivity contribution is 7.07. The van der Waals surface area contributed by atoms with Gasteiger partial charge in [0.15, 0.2) is 0 Å². The summed E-state index contributed by atoms with van der Waals surface area (Å²) in [6, 6.07) is 1.24. The Hall–Kier alpha value is -0.450. The maximum absolute atomic E-state index is 4.43. The first-order valence-corrected chi connectivity index (χ1v) is 7.86. The molecule has 1 aromatic heterocycles. The summed E-state index contributed by atoms with van der Waals surface area (Å²) in [7, 11) is 0. The highest BCUT2D eigenvalue weighted by Crippen LogP contribution is 2.20. The minimum absolute atomic E-state index is 0.610. The quantitative estimate of drug-likeness (QED) is 0.909. The molecule has 1 fully saturated rings. The molecule has 0 radical (unpaired) electrons. The summed E-state index contributed by atoms with van der Waals surface area (Å²) in [5.41, 5.74) is 3.15. The van der Waals surface area contributed by atoms with Crippen LogP contribution in [0.1, 0.15) is 33.4 Å². The van der Waals surface area contributed by atoms with Gasteiger partial charge in [-0.2, -0.15) is 0 Å². The minimum Gasteiger partial charge on any atom is -0.311 e. The Morgan fingerprint density at radius 3 is 2.72 bits per heavy atom. The van der Waals surface area contributed by atoms with E-state index in [1.165, 1.54) is 5.69 Å². The molecule has 1 aliphatic heterocycles. The molecule has 4 heteroatoms. The van der Waals surface area contributed by atoms with Crippen LogP contribution in [0.25, 0.3) is 0 Å². The zero-order valence-corrected chi connectivity index (χ0v) is 12.7. The summed E-state index contributed by atoms with van der Waals surface area (Å²) in [5, 5.41) is 5.87. The molecule has 0 amide bonds. The normalized spacial score (nSPS) is 26.1. The van der Waals surface area contributed by atoms with Gasteiger partial charge in [-0.3, -0.25) is 4.90 Å². The van der Waals surface area contributed by atoms with E-state index in [0.29, 0.717) is 23.9 Å². The molecular weight excluding hydrogens is 242 g/mol. The average Bonchev–Trinajstić information content (AvgIpc) is 2.81. The van der Waals surface area contributed by atoms with Crippen LogP contribution in [0.5, 0.6) is 0 Å². The van der Waals surface area contributed by atoms with Gasteiger partial charge in [0.2, 0.25) is 0 Å². The van der Waals surface area contributed by atoms with Crippen molar-refractivity contribution in [2.24, 2.45) is 11.8 Å². The number of aromatic nitrogens is 1. The van der Waals surface area contributed by atoms with Crippen molar-refractivity contribution in [2.45, 2.75) is 46.3 Å². The third-order valence-corrected chi connectivity index (χ3v) is 4.55. The van der Waals surface area contributed by atoms with E-state index in [0.717, 1.165) is 19.6 Å². The first kappa shape index (κ1) is 14.0. The van der Waals surface area contributed by atoms with Crippen molar-refractivity contribution in [3.8, 4) is 0 Å². The minimum atomic E-state index is 0.610. The molecule has 18 heavy (non-hydrogen) atoms. The highest BCUT2D eigenvalue weighted by atomic mass is 32.1. The summed E-state index contributed by atoms with van der Waals surface area (Å²) in [5.74, 6) is 1.38. The fourth-order valence-corrected chi connectivity index (χ4v) is 3.21. The molecule has 0 spiro atoms. The van der Waals surface area contributed by atoms with Gasteiger partial charge in [0.05, 0.1) is 11.2 Å². The van der Waals surface area contributed by atoms with Gasteiger partial charge in [0.25, 0.3) is 0 Å². The lowest BCUT2D eigenvalue weighted by Gasteiger charge is -2.43. The summed E-state index contributed by atoms with van der Waals surface area (Å²) < 4.78 is 0. The van der Waals surface area contributed by atoms with Crippen LogP contribution in [0.3, 0.4) is 0 Å². The standard InChI is InChI=1S/C14H25N3S/c1-10(2)13-7-17(6-12-8-18-9-16-12)14(5-15-13)11(3)4/h8-11,13-15H,5-7H2,1-4H3. The zero-order valence-electron chi connectivity index (χ0n) is 11.9. The smallest absolute Gasteiger partial charge is 0.0795 e. The largest absolute Gasteiger partial charge is 0.311 e. The van der Waals surface area contributed by atoms with Gasteiger partial charge < -0.3 is 5.32 Å². The number of nitrogens with one attached hydrogen (secondary N) is 1. The van der Waals surface area contributed by atoms with E-state index >= 15 is 0 Å². The van der Waals surface area contributed by atoms with Crippen molar-refractivity contribution < 1.29 is 0 Å². The van der Waals surface area contributed by atoms with Gasteiger partial charge in [-0.15, -0.1) is 11.3 Å². The van der Waals surface area contributed by atoms with Crippen molar-refractivity contribution in [1.82, 2.24) is 15.2 Å². The summed E-state index contributed by atoms with van der Waals surface area (Å²) >= 11 is 1.69. The second-order valence-corrected chi connectivity index (χ2v) is 6.70. The Morgan fingerprint density at radius 2 is 2.17 bits per heavy atom. The van der Waals surface area contributed by atoms with Crippen molar-refractivity contribution in [1.29, 1.82) is 0 Å². The lowest BCUT2D eigenvalue weighted by Crippen LogP contribution is -2.59. The Kier molecular flexibility index (Phi) is 4.76. The zero-order chi connectivity index (χ0) is 13.1. The molecule has 2 unspecified atom stereocenters. The van der Waals surface area contributed by atoms with Crippen LogP contribution in [-0.2, 0) is 6.54 Å². The first-order chi connectivity index (χ1) is 8.58. The summed E-state index contributed by atoms with van der Waals surface area (Å²) in [4.78, 5) is 7.04. The Bertz CT molecular complexity index is 348. The predicted molar refractivity (Wildman–Crippen MR) is 77.8 cm³/mol. The van der Waals surface area contributed by atoms with Gasteiger partial charge in [0, 0.05) is 37.1 Å². The molecule has 0 aromatic carbocycles. The number of thiazole rings is 1. The van der Waals surface area contributed by atoms with Gasteiger partial charge >= 0.3 is 0 Å². The van der Waals surface area contributed by atoms with Crippen LogP contribution in [0.2, 0.25) is 0 Å². The molecular formula is C14H25N3S. The molecule has 2 rings (SSSR count). The van der Waals surface area contributed by atoms with E-state index in [1.807, 2.05) is 5.51 Å². The molecule has 1 aromatic rings. The Labute approximate surface area is 115 Å². The summed E-state index contributed by atoms with van der Waals surface area (Å²) in [6.45, 7) is 12.5. The van der Waals surface area contributed by atoms with E-state index in [-0.39, 0.29) is 0 Å². The lowest BCUT2D eigenvalue weighted by molar-refractivity contribution is 0.0774. The van der Waals surface area contributed by atoms with E-state index < -0.39 is 0 Å². The maximum atomic E-state index is 4.43. The molecule has 1 aliphatic rings. The molecule has 2 atom stereocenters. The Morgan fingerprint density at radius 1 is 1.39 bits per heavy atom. The topological polar surface area (TPSA) is 28.2 Å². The van der Waals surface area contributed by atoms with E-state index in [2.05, 4.69) is 48.3 Å². The molecule has 0 aliphatic carbocycles. The highest BCUT2D eigenvalue weighted by Gasteiger charge is 2.31. The van der Waals surface area contributed by atoms with Crippen molar-refractivity contribution in [3.05, 3.63) is 16.6 Å². The van der Waals surface area contributed by atoms with Gasteiger partial charge in [-0.05, 0) is 11.8 Å². The van der Waals surface area contributed by atoms with Gasteiger partial charge in [0.1, 0.15) is 0 Å². The molecule has 3 nitrogen and oxygen atoms in total.